The molecular formula is C18H18O2Si. The number of hydrogen-bond acceptors (Lipinski definition) is 1. The molecule has 2 nitrogen and oxygen atoms in total. The van der Waals surface area contributed by atoms with Gasteiger partial charge in [0.2, 0.25) is 0 Å². The molecular weight excluding hydrogens is 276 g/mol. The monoisotopic (exact) mass is 294 g/mol. The average Bonchev–Trinajstić information content (AvgIpc) is 2.65. The van der Waals surface area contributed by atoms with Gasteiger partial charge in [0.1, 0.15) is 8.07 Å². The largest absolute Gasteiger partial charge is 0.481 e. The number of carbonyl (C=O) groups is 1. The van der Waals surface area contributed by atoms with Crippen molar-refractivity contribution in [1.82, 2.24) is 0 Å². The van der Waals surface area contributed by atoms with Crippen LogP contribution in [0.25, 0.3) is 0 Å². The van der Waals surface area contributed by atoms with Gasteiger partial charge in [-0.2, -0.15) is 0 Å². The van der Waals surface area contributed by atoms with Crippen molar-refractivity contribution in [3.63, 3.8) is 0 Å². The number of fused-ring (bicyclic) bond motifs is 3. The third-order valence-corrected chi connectivity index (χ3v) is 10.9. The van der Waals surface area contributed by atoms with E-state index in [0.717, 1.165) is 6.42 Å². The zero-order valence-corrected chi connectivity index (χ0v) is 13.0. The Labute approximate surface area is 125 Å². The molecule has 3 heteroatoms. The normalized spacial score (nSPS) is 32.9. The molecule has 1 heterocycles. The first-order valence-corrected chi connectivity index (χ1v) is 10.1. The Morgan fingerprint density at radius 3 is 2.48 bits per heavy atom. The van der Waals surface area contributed by atoms with Crippen LogP contribution in [0.2, 0.25) is 12.1 Å². The first-order valence-electron chi connectivity index (χ1n) is 7.51. The van der Waals surface area contributed by atoms with Crippen LogP contribution in [0.3, 0.4) is 0 Å². The van der Waals surface area contributed by atoms with E-state index in [9.17, 15) is 9.90 Å². The smallest absolute Gasteiger partial charge is 0.307 e. The fourth-order valence-electron chi connectivity index (χ4n) is 4.55. The molecule has 4 unspecified atom stereocenters. The minimum absolute atomic E-state index is 0.186. The molecule has 1 fully saturated rings. The Kier molecular flexibility index (Phi) is 2.63. The number of carboxylic acid groups (broad SMARTS) is 1. The second-order valence-electron chi connectivity index (χ2n) is 6.47. The first-order chi connectivity index (χ1) is 10.1. The van der Waals surface area contributed by atoms with Gasteiger partial charge in [0, 0.05) is 0 Å². The quantitative estimate of drug-likeness (QED) is 0.864. The van der Waals surface area contributed by atoms with E-state index >= 15 is 0 Å². The highest BCUT2D eigenvalue weighted by atomic mass is 28.3. The lowest BCUT2D eigenvalue weighted by Gasteiger charge is -2.44. The predicted octanol–water partition coefficient (Wildman–Crippen LogP) is 2.45. The minimum Gasteiger partial charge on any atom is -0.481 e. The molecule has 2 aromatic rings. The highest BCUT2D eigenvalue weighted by molar-refractivity contribution is 7.03. The Morgan fingerprint density at radius 1 is 1.10 bits per heavy atom. The lowest BCUT2D eigenvalue weighted by molar-refractivity contribution is -0.145. The third-order valence-electron chi connectivity index (χ3n) is 5.69. The highest BCUT2D eigenvalue weighted by Gasteiger charge is 2.61. The van der Waals surface area contributed by atoms with Gasteiger partial charge in [-0.3, -0.25) is 4.79 Å². The third kappa shape index (κ3) is 1.55. The van der Waals surface area contributed by atoms with E-state index in [2.05, 4.69) is 61.1 Å². The molecule has 2 aromatic carbocycles. The van der Waals surface area contributed by atoms with E-state index in [1.54, 1.807) is 0 Å². The molecule has 0 radical (unpaired) electrons. The first kappa shape index (κ1) is 12.8. The molecule has 2 aliphatic rings. The Bertz CT molecular complexity index is 712. The van der Waals surface area contributed by atoms with E-state index in [1.165, 1.54) is 15.9 Å². The summed E-state index contributed by atoms with van der Waals surface area (Å²) >= 11 is 0. The summed E-state index contributed by atoms with van der Waals surface area (Å²) < 4.78 is 0. The van der Waals surface area contributed by atoms with E-state index in [1.807, 2.05) is 0 Å². The molecule has 1 saturated carbocycles. The van der Waals surface area contributed by atoms with E-state index in [0.29, 0.717) is 5.54 Å². The van der Waals surface area contributed by atoms with Crippen molar-refractivity contribution < 1.29 is 9.90 Å². The number of rotatable bonds is 2. The average molecular weight is 294 g/mol. The Balaban J connectivity index is 1.89. The van der Waals surface area contributed by atoms with Crippen LogP contribution in [0.4, 0.5) is 0 Å². The minimum atomic E-state index is -1.81. The molecule has 1 aliphatic heterocycles. The van der Waals surface area contributed by atoms with Crippen LogP contribution in [0.15, 0.2) is 54.6 Å². The molecule has 0 amide bonds. The van der Waals surface area contributed by atoms with Crippen LogP contribution in [-0.4, -0.2) is 19.1 Å². The topological polar surface area (TPSA) is 37.3 Å². The predicted molar refractivity (Wildman–Crippen MR) is 86.0 cm³/mol. The summed E-state index contributed by atoms with van der Waals surface area (Å²) in [5.41, 5.74) is 1.84. The molecule has 0 saturated heterocycles. The maximum atomic E-state index is 11.5. The van der Waals surface area contributed by atoms with E-state index in [4.69, 9.17) is 0 Å². The molecule has 4 rings (SSSR count). The van der Waals surface area contributed by atoms with Crippen molar-refractivity contribution in [2.45, 2.75) is 24.4 Å². The van der Waals surface area contributed by atoms with Crippen molar-refractivity contribution in [2.24, 2.45) is 5.92 Å². The highest BCUT2D eigenvalue weighted by Crippen LogP contribution is 2.60. The molecule has 0 spiro atoms. The number of aliphatic carboxylic acids is 1. The van der Waals surface area contributed by atoms with Crippen LogP contribution in [0.5, 0.6) is 0 Å². The van der Waals surface area contributed by atoms with Gasteiger partial charge in [-0.15, -0.1) is 0 Å². The number of benzene rings is 2. The molecule has 4 atom stereocenters. The van der Waals surface area contributed by atoms with Gasteiger partial charge in [-0.1, -0.05) is 71.5 Å². The lowest BCUT2D eigenvalue weighted by atomic mass is 9.70. The summed E-state index contributed by atoms with van der Waals surface area (Å²) in [5.74, 6) is -0.581. The van der Waals surface area contributed by atoms with Crippen molar-refractivity contribution in [3.8, 4) is 0 Å². The fourth-order valence-corrected chi connectivity index (χ4v) is 9.72. The second kappa shape index (κ2) is 4.31. The van der Waals surface area contributed by atoms with Gasteiger partial charge in [0.25, 0.3) is 0 Å². The summed E-state index contributed by atoms with van der Waals surface area (Å²) in [5, 5.41) is 12.4. The Morgan fingerprint density at radius 2 is 1.76 bits per heavy atom. The standard InChI is InChI=1S/C18H18O2Si/c1-21(12-7-3-2-4-8-12)15-10-6-5-9-13(15)17-14(18(19)20)11-16(17)21/h2-10,14,16-17H,11H2,1H3,(H,19,20). The number of carboxylic acids is 1. The van der Waals surface area contributed by atoms with Crippen molar-refractivity contribution in [1.29, 1.82) is 0 Å². The van der Waals surface area contributed by atoms with Gasteiger partial charge >= 0.3 is 5.97 Å². The van der Waals surface area contributed by atoms with Crippen molar-refractivity contribution in [3.05, 3.63) is 60.2 Å². The molecule has 1 aliphatic carbocycles. The maximum Gasteiger partial charge on any atom is 0.307 e. The maximum absolute atomic E-state index is 11.5. The van der Waals surface area contributed by atoms with E-state index in [-0.39, 0.29) is 11.8 Å². The Hall–Kier alpha value is -1.87. The zero-order valence-electron chi connectivity index (χ0n) is 12.0. The summed E-state index contributed by atoms with van der Waals surface area (Å²) in [4.78, 5) is 11.5. The lowest BCUT2D eigenvalue weighted by Crippen LogP contribution is -2.59. The fraction of sp³-hybridized carbons (Fsp3) is 0.278. The molecule has 106 valence electrons. The zero-order chi connectivity index (χ0) is 14.6. The van der Waals surface area contributed by atoms with Crippen LogP contribution in [-0.2, 0) is 4.79 Å². The van der Waals surface area contributed by atoms with Crippen LogP contribution in [0, 0.1) is 5.92 Å². The second-order valence-corrected chi connectivity index (χ2v) is 10.7. The van der Waals surface area contributed by atoms with E-state index < -0.39 is 14.0 Å². The van der Waals surface area contributed by atoms with Crippen LogP contribution in [0.1, 0.15) is 17.9 Å². The van der Waals surface area contributed by atoms with Gasteiger partial charge < -0.3 is 5.11 Å². The molecule has 0 bridgehead atoms. The summed E-state index contributed by atoms with van der Waals surface area (Å²) in [6.45, 7) is 2.42. The SMILES string of the molecule is C[Si]1(c2ccccc2)c2ccccc2C2C(C(=O)O)CC21. The molecule has 21 heavy (non-hydrogen) atoms. The van der Waals surface area contributed by atoms with Gasteiger partial charge in [-0.05, 0) is 23.4 Å². The van der Waals surface area contributed by atoms with Gasteiger partial charge in [-0.25, -0.2) is 0 Å². The van der Waals surface area contributed by atoms with Crippen molar-refractivity contribution >= 4 is 24.4 Å². The van der Waals surface area contributed by atoms with Crippen LogP contribution >= 0.6 is 0 Å². The summed E-state index contributed by atoms with van der Waals surface area (Å²) in [7, 11) is -1.81. The van der Waals surface area contributed by atoms with Gasteiger partial charge in [0.15, 0.2) is 0 Å². The summed E-state index contributed by atoms with van der Waals surface area (Å²) in [6, 6.07) is 19.3. The molecule has 1 N–H and O–H groups in total. The van der Waals surface area contributed by atoms with Crippen LogP contribution < -0.4 is 10.4 Å². The number of hydrogen-bond donors (Lipinski definition) is 1. The summed E-state index contributed by atoms with van der Waals surface area (Å²) in [6.07, 6.45) is 0.840. The van der Waals surface area contributed by atoms with Gasteiger partial charge in [0.05, 0.1) is 5.92 Å². The van der Waals surface area contributed by atoms with Crippen molar-refractivity contribution in [2.75, 3.05) is 0 Å². The molecule has 0 aromatic heterocycles.